The first-order valence-corrected chi connectivity index (χ1v) is 7.47. The predicted molar refractivity (Wildman–Crippen MR) is 85.9 cm³/mol. The van der Waals surface area contributed by atoms with Crippen LogP contribution >= 0.6 is 22.9 Å². The summed E-state index contributed by atoms with van der Waals surface area (Å²) in [6.45, 7) is 2.83. The van der Waals surface area contributed by atoms with Gasteiger partial charge in [0.1, 0.15) is 0 Å². The molecule has 0 saturated carbocycles. The van der Waals surface area contributed by atoms with E-state index >= 15 is 0 Å². The molecule has 1 aromatic heterocycles. The van der Waals surface area contributed by atoms with E-state index in [1.165, 1.54) is 14.7 Å². The number of nitrogens with zero attached hydrogens (tertiary/aromatic N) is 1. The average Bonchev–Trinajstić information content (AvgIpc) is 2.82. The molecule has 0 aliphatic carbocycles. The molecule has 0 spiro atoms. The number of thiophene rings is 1. The lowest BCUT2D eigenvalue weighted by atomic mass is 10.1. The molecule has 0 bridgehead atoms. The number of amides is 1. The third-order valence-corrected chi connectivity index (χ3v) is 4.20. The van der Waals surface area contributed by atoms with Gasteiger partial charge in [0.05, 0.1) is 10.6 Å². The van der Waals surface area contributed by atoms with Gasteiger partial charge in [-0.15, -0.1) is 11.3 Å². The van der Waals surface area contributed by atoms with Gasteiger partial charge in [0.25, 0.3) is 5.91 Å². The van der Waals surface area contributed by atoms with Crippen LogP contribution in [0.15, 0.2) is 30.3 Å². The molecule has 0 aliphatic rings. The summed E-state index contributed by atoms with van der Waals surface area (Å²) in [5, 5.41) is 3.79. The minimum absolute atomic E-state index is 0.0920. The van der Waals surface area contributed by atoms with Crippen LogP contribution in [0.3, 0.4) is 0 Å². The average molecular weight is 309 g/mol. The summed E-state index contributed by atoms with van der Waals surface area (Å²) >= 11 is 7.84. The predicted octanol–water partition coefficient (Wildman–Crippen LogP) is 4.02. The molecule has 0 aliphatic heterocycles. The maximum Gasteiger partial charge on any atom is 0.254 e. The zero-order valence-corrected chi connectivity index (χ0v) is 13.3. The smallest absolute Gasteiger partial charge is 0.254 e. The van der Waals surface area contributed by atoms with Crippen molar-refractivity contribution in [2.45, 2.75) is 13.5 Å². The molecule has 2 rings (SSSR count). The molecule has 0 unspecified atom stereocenters. The van der Waals surface area contributed by atoms with E-state index in [1.807, 2.05) is 6.07 Å². The van der Waals surface area contributed by atoms with E-state index < -0.39 is 0 Å². The molecular weight excluding hydrogens is 292 g/mol. The molecule has 0 atom stereocenters. The number of halogens is 1. The highest BCUT2D eigenvalue weighted by Gasteiger charge is 2.13. The Bertz CT molecular complexity index is 622. The minimum Gasteiger partial charge on any atom is -0.380 e. The van der Waals surface area contributed by atoms with Gasteiger partial charge < -0.3 is 10.2 Å². The fourth-order valence-electron chi connectivity index (χ4n) is 1.81. The summed E-state index contributed by atoms with van der Waals surface area (Å²) in [5.41, 5.74) is 1.41. The van der Waals surface area contributed by atoms with E-state index in [4.69, 9.17) is 11.6 Å². The summed E-state index contributed by atoms with van der Waals surface area (Å²) in [6.07, 6.45) is 0. The Hall–Kier alpha value is -1.52. The van der Waals surface area contributed by atoms with Crippen molar-refractivity contribution in [2.24, 2.45) is 0 Å². The SMILES string of the molecule is Cc1ccc(CNc2ccc(Cl)c(C(=O)N(C)C)c2)s1. The quantitative estimate of drug-likeness (QED) is 0.925. The first-order valence-electron chi connectivity index (χ1n) is 6.28. The normalized spacial score (nSPS) is 10.4. The van der Waals surface area contributed by atoms with Crippen molar-refractivity contribution in [3.8, 4) is 0 Å². The third kappa shape index (κ3) is 3.52. The number of carbonyl (C=O) groups is 1. The zero-order chi connectivity index (χ0) is 14.7. The van der Waals surface area contributed by atoms with E-state index in [0.29, 0.717) is 10.6 Å². The first kappa shape index (κ1) is 14.9. The van der Waals surface area contributed by atoms with E-state index in [1.54, 1.807) is 37.6 Å². The number of hydrogen-bond acceptors (Lipinski definition) is 3. The van der Waals surface area contributed by atoms with Gasteiger partial charge in [-0.2, -0.15) is 0 Å². The summed E-state index contributed by atoms with van der Waals surface area (Å²) in [6, 6.07) is 9.64. The van der Waals surface area contributed by atoms with Crippen molar-refractivity contribution in [1.82, 2.24) is 4.90 Å². The molecule has 0 radical (unpaired) electrons. The second-order valence-electron chi connectivity index (χ2n) is 4.76. The molecule has 2 aromatic rings. The Kier molecular flexibility index (Phi) is 4.68. The Balaban J connectivity index is 2.13. The topological polar surface area (TPSA) is 32.3 Å². The second-order valence-corrected chi connectivity index (χ2v) is 6.54. The highest BCUT2D eigenvalue weighted by Crippen LogP contribution is 2.23. The molecule has 1 heterocycles. The lowest BCUT2D eigenvalue weighted by Crippen LogP contribution is -2.22. The monoisotopic (exact) mass is 308 g/mol. The van der Waals surface area contributed by atoms with Crippen LogP contribution in [0.25, 0.3) is 0 Å². The molecule has 1 amide bonds. The van der Waals surface area contributed by atoms with Gasteiger partial charge in [-0.05, 0) is 37.3 Å². The van der Waals surface area contributed by atoms with Crippen LogP contribution in [0.2, 0.25) is 5.02 Å². The standard InChI is InChI=1S/C15H17ClN2OS/c1-10-4-6-12(20-10)9-17-11-5-7-14(16)13(8-11)15(19)18(2)3/h4-8,17H,9H2,1-3H3. The van der Waals surface area contributed by atoms with E-state index in [0.717, 1.165) is 12.2 Å². The maximum absolute atomic E-state index is 12.0. The summed E-state index contributed by atoms with van der Waals surface area (Å²) < 4.78 is 0. The number of rotatable bonds is 4. The lowest BCUT2D eigenvalue weighted by Gasteiger charge is -2.13. The Morgan fingerprint density at radius 1 is 1.30 bits per heavy atom. The molecule has 3 nitrogen and oxygen atoms in total. The van der Waals surface area contributed by atoms with Crippen molar-refractivity contribution in [3.05, 3.63) is 50.7 Å². The van der Waals surface area contributed by atoms with Crippen LogP contribution < -0.4 is 5.32 Å². The minimum atomic E-state index is -0.0920. The number of hydrogen-bond donors (Lipinski definition) is 1. The molecule has 106 valence electrons. The molecule has 1 aromatic carbocycles. The van der Waals surface area contributed by atoms with E-state index in [9.17, 15) is 4.79 Å². The summed E-state index contributed by atoms with van der Waals surface area (Å²) in [7, 11) is 3.43. The van der Waals surface area contributed by atoms with Gasteiger partial charge in [0.2, 0.25) is 0 Å². The number of nitrogens with one attached hydrogen (secondary N) is 1. The highest BCUT2D eigenvalue weighted by atomic mass is 35.5. The van der Waals surface area contributed by atoms with Gasteiger partial charge in [0.15, 0.2) is 0 Å². The fraction of sp³-hybridized carbons (Fsp3) is 0.267. The molecule has 20 heavy (non-hydrogen) atoms. The molecule has 0 saturated heterocycles. The maximum atomic E-state index is 12.0. The van der Waals surface area contributed by atoms with Crippen LogP contribution in [-0.4, -0.2) is 24.9 Å². The Labute approximate surface area is 128 Å². The number of carbonyl (C=O) groups excluding carboxylic acids is 1. The zero-order valence-electron chi connectivity index (χ0n) is 11.7. The lowest BCUT2D eigenvalue weighted by molar-refractivity contribution is 0.0828. The number of aryl methyl sites for hydroxylation is 1. The summed E-state index contributed by atoms with van der Waals surface area (Å²) in [5.74, 6) is -0.0920. The molecule has 0 fully saturated rings. The molecule has 1 N–H and O–H groups in total. The van der Waals surface area contributed by atoms with Gasteiger partial charge in [0, 0.05) is 36.1 Å². The number of benzene rings is 1. The van der Waals surface area contributed by atoms with Crippen molar-refractivity contribution in [3.63, 3.8) is 0 Å². The van der Waals surface area contributed by atoms with Crippen molar-refractivity contribution in [2.75, 3.05) is 19.4 Å². The molecule has 5 heteroatoms. The van der Waals surface area contributed by atoms with Crippen molar-refractivity contribution < 1.29 is 4.79 Å². The van der Waals surface area contributed by atoms with Gasteiger partial charge in [-0.25, -0.2) is 0 Å². The van der Waals surface area contributed by atoms with Crippen LogP contribution in [0.4, 0.5) is 5.69 Å². The first-order chi connectivity index (χ1) is 9.47. The van der Waals surface area contributed by atoms with Crippen LogP contribution in [0, 0.1) is 6.92 Å². The largest absolute Gasteiger partial charge is 0.380 e. The van der Waals surface area contributed by atoms with Crippen LogP contribution in [-0.2, 0) is 6.54 Å². The van der Waals surface area contributed by atoms with Gasteiger partial charge in [-0.1, -0.05) is 11.6 Å². The van der Waals surface area contributed by atoms with Crippen LogP contribution in [0.5, 0.6) is 0 Å². The van der Waals surface area contributed by atoms with Crippen LogP contribution in [0.1, 0.15) is 20.1 Å². The van der Waals surface area contributed by atoms with E-state index in [2.05, 4.69) is 24.4 Å². The van der Waals surface area contributed by atoms with Gasteiger partial charge >= 0.3 is 0 Å². The van der Waals surface area contributed by atoms with Crippen molar-refractivity contribution >= 4 is 34.5 Å². The van der Waals surface area contributed by atoms with E-state index in [-0.39, 0.29) is 5.91 Å². The third-order valence-electron chi connectivity index (χ3n) is 2.87. The second kappa shape index (κ2) is 6.29. The number of anilines is 1. The Morgan fingerprint density at radius 2 is 2.05 bits per heavy atom. The Morgan fingerprint density at radius 3 is 2.65 bits per heavy atom. The summed E-state index contributed by atoms with van der Waals surface area (Å²) in [4.78, 5) is 16.1. The molecular formula is C15H17ClN2OS. The van der Waals surface area contributed by atoms with Gasteiger partial charge in [-0.3, -0.25) is 4.79 Å². The fourth-order valence-corrected chi connectivity index (χ4v) is 2.84. The highest BCUT2D eigenvalue weighted by molar-refractivity contribution is 7.11. The van der Waals surface area contributed by atoms with Crippen molar-refractivity contribution in [1.29, 1.82) is 0 Å².